The molecular weight excluding hydrogens is 403 g/mol. The smallest absolute Gasteiger partial charge is 0.253 e. The molecule has 0 bridgehead atoms. The Kier molecular flexibility index (Phi) is 5.25. The molecule has 3 rings (SSSR count). The summed E-state index contributed by atoms with van der Waals surface area (Å²) in [4.78, 5) is 16.4. The number of halogens is 2. The highest BCUT2D eigenvalue weighted by Crippen LogP contribution is 2.31. The summed E-state index contributed by atoms with van der Waals surface area (Å²) in [5.41, 5.74) is -0.0182. The monoisotopic (exact) mass is 418 g/mol. The van der Waals surface area contributed by atoms with Crippen molar-refractivity contribution in [2.24, 2.45) is 0 Å². The molecule has 1 saturated carbocycles. The van der Waals surface area contributed by atoms with Crippen molar-refractivity contribution in [3.63, 3.8) is 0 Å². The number of benzene rings is 1. The predicted molar refractivity (Wildman–Crippen MR) is 94.7 cm³/mol. The van der Waals surface area contributed by atoms with Crippen LogP contribution in [-0.4, -0.2) is 30.5 Å². The van der Waals surface area contributed by atoms with Gasteiger partial charge in [0.15, 0.2) is 5.82 Å². The topological polar surface area (TPSA) is 114 Å². The van der Waals surface area contributed by atoms with E-state index >= 15 is 0 Å². The van der Waals surface area contributed by atoms with Crippen molar-refractivity contribution in [2.45, 2.75) is 43.7 Å². The highest BCUT2D eigenvalue weighted by molar-refractivity contribution is 7.89. The molecule has 0 radical (unpaired) electrons. The van der Waals surface area contributed by atoms with Crippen LogP contribution in [0.25, 0.3) is 0 Å². The van der Waals surface area contributed by atoms with Crippen LogP contribution in [0.1, 0.15) is 47.9 Å². The van der Waals surface area contributed by atoms with Gasteiger partial charge in [0.25, 0.3) is 5.91 Å². The van der Waals surface area contributed by atoms with Crippen LogP contribution in [0.5, 0.6) is 0 Å². The molecule has 1 unspecified atom stereocenters. The lowest BCUT2D eigenvalue weighted by atomic mass is 10.2. The van der Waals surface area contributed by atoms with Gasteiger partial charge in [-0.15, -0.1) is 0 Å². The summed E-state index contributed by atoms with van der Waals surface area (Å²) in [5, 5.41) is 6.28. The Morgan fingerprint density at radius 3 is 2.58 bits per heavy atom. The van der Waals surface area contributed by atoms with E-state index in [1.807, 2.05) is 0 Å². The number of carbonyl (C=O) groups is 1. The van der Waals surface area contributed by atoms with Gasteiger partial charge in [0.2, 0.25) is 15.9 Å². The van der Waals surface area contributed by atoms with Crippen molar-refractivity contribution in [2.75, 3.05) is 0 Å². The number of aromatic nitrogens is 2. The van der Waals surface area contributed by atoms with E-state index in [0.29, 0.717) is 5.82 Å². The van der Waals surface area contributed by atoms with Crippen LogP contribution in [0, 0.1) is 6.92 Å². The Balaban J connectivity index is 1.86. The number of rotatable bonds is 6. The van der Waals surface area contributed by atoms with Crippen molar-refractivity contribution in [3.05, 3.63) is 39.5 Å². The molecule has 1 aromatic carbocycles. The van der Waals surface area contributed by atoms with Crippen LogP contribution in [-0.2, 0) is 10.0 Å². The van der Waals surface area contributed by atoms with Gasteiger partial charge in [-0.1, -0.05) is 28.4 Å². The van der Waals surface area contributed by atoms with Gasteiger partial charge in [-0.05, 0) is 38.8 Å². The maximum absolute atomic E-state index is 12.5. The van der Waals surface area contributed by atoms with E-state index in [9.17, 15) is 13.2 Å². The van der Waals surface area contributed by atoms with Crippen molar-refractivity contribution >= 4 is 39.1 Å². The molecule has 11 heteroatoms. The van der Waals surface area contributed by atoms with E-state index in [1.165, 1.54) is 6.07 Å². The second-order valence-corrected chi connectivity index (χ2v) is 8.53. The molecule has 0 spiro atoms. The maximum Gasteiger partial charge on any atom is 0.253 e. The number of aryl methyl sites for hydroxylation is 1. The number of nitrogens with zero attached hydrogens (tertiary/aromatic N) is 2. The average Bonchev–Trinajstić information content (AvgIpc) is 3.22. The molecule has 26 heavy (non-hydrogen) atoms. The van der Waals surface area contributed by atoms with Crippen LogP contribution in [0.15, 0.2) is 21.6 Å². The molecular formula is C15H16Cl2N4O4S. The minimum atomic E-state index is -3.84. The number of amides is 1. The highest BCUT2D eigenvalue weighted by Gasteiger charge is 2.30. The summed E-state index contributed by atoms with van der Waals surface area (Å²) >= 11 is 12.1. The zero-order valence-corrected chi connectivity index (χ0v) is 16.2. The van der Waals surface area contributed by atoms with E-state index < -0.39 is 22.0 Å². The molecule has 2 aromatic rings. The minimum absolute atomic E-state index is 0.0182. The van der Waals surface area contributed by atoms with E-state index in [4.69, 9.17) is 27.7 Å². The molecule has 1 aromatic heterocycles. The zero-order chi connectivity index (χ0) is 19.1. The second-order valence-electron chi connectivity index (χ2n) is 6.03. The fourth-order valence-corrected chi connectivity index (χ4v) is 4.38. The molecule has 140 valence electrons. The number of hydrogen-bond donors (Lipinski definition) is 2. The molecule has 8 nitrogen and oxygen atoms in total. The Morgan fingerprint density at radius 1 is 1.31 bits per heavy atom. The van der Waals surface area contributed by atoms with Crippen LogP contribution in [0.3, 0.4) is 0 Å². The largest absolute Gasteiger partial charge is 0.340 e. The summed E-state index contributed by atoms with van der Waals surface area (Å²) in [6.07, 6.45) is 1.55. The van der Waals surface area contributed by atoms with Gasteiger partial charge >= 0.3 is 0 Å². The Labute approximate surface area is 160 Å². The second kappa shape index (κ2) is 7.15. The number of nitrogens with one attached hydrogen (secondary N) is 2. The lowest BCUT2D eigenvalue weighted by Gasteiger charge is -2.13. The fourth-order valence-electron chi connectivity index (χ4n) is 2.22. The van der Waals surface area contributed by atoms with Gasteiger partial charge in [-0.2, -0.15) is 4.98 Å². The standard InChI is InChI=1S/C15H16Cl2N4O4S/c1-7(15-19-8(2)20-25-15)18-14(22)10-5-13(12(17)6-11(10)16)26(23,24)21-9-3-4-9/h5-7,9,21H,3-4H2,1-2H3,(H,18,22). The molecule has 1 amide bonds. The SMILES string of the molecule is Cc1noc(C(C)NC(=O)c2cc(S(=O)(=O)NC3CC3)c(Cl)cc2Cl)n1. The molecule has 1 aliphatic rings. The van der Waals surface area contributed by atoms with Gasteiger partial charge < -0.3 is 9.84 Å². The van der Waals surface area contributed by atoms with E-state index in [1.54, 1.807) is 13.8 Å². The van der Waals surface area contributed by atoms with Gasteiger partial charge in [-0.3, -0.25) is 4.79 Å². The van der Waals surface area contributed by atoms with Gasteiger partial charge in [-0.25, -0.2) is 13.1 Å². The number of carbonyl (C=O) groups excluding carboxylic acids is 1. The molecule has 0 saturated heterocycles. The Bertz CT molecular complexity index is 957. The Hall–Kier alpha value is -1.68. The average molecular weight is 419 g/mol. The molecule has 1 aliphatic carbocycles. The first-order valence-corrected chi connectivity index (χ1v) is 10.0. The third-order valence-corrected chi connectivity index (χ3v) is 6.01. The number of sulfonamides is 1. The molecule has 0 aliphatic heterocycles. The van der Waals surface area contributed by atoms with E-state index in [-0.39, 0.29) is 32.4 Å². The summed E-state index contributed by atoms with van der Waals surface area (Å²) in [5.74, 6) is 0.0761. The zero-order valence-electron chi connectivity index (χ0n) is 13.9. The van der Waals surface area contributed by atoms with Crippen LogP contribution in [0.4, 0.5) is 0 Å². The fraction of sp³-hybridized carbons (Fsp3) is 0.400. The first kappa shape index (κ1) is 19.1. The van der Waals surface area contributed by atoms with Crippen molar-refractivity contribution in [1.82, 2.24) is 20.2 Å². The lowest BCUT2D eigenvalue weighted by molar-refractivity contribution is 0.0932. The normalized spacial score (nSPS) is 15.7. The molecule has 1 fully saturated rings. The van der Waals surface area contributed by atoms with Crippen LogP contribution < -0.4 is 10.0 Å². The Morgan fingerprint density at radius 2 is 2.00 bits per heavy atom. The molecule has 1 heterocycles. The summed E-state index contributed by atoms with van der Waals surface area (Å²) in [7, 11) is -3.84. The third-order valence-electron chi connectivity index (χ3n) is 3.72. The maximum atomic E-state index is 12.5. The first-order chi connectivity index (χ1) is 12.2. The minimum Gasteiger partial charge on any atom is -0.340 e. The summed E-state index contributed by atoms with van der Waals surface area (Å²) in [6, 6.07) is 1.72. The van der Waals surface area contributed by atoms with Gasteiger partial charge in [0.1, 0.15) is 10.9 Å². The van der Waals surface area contributed by atoms with Crippen molar-refractivity contribution in [3.8, 4) is 0 Å². The quantitative estimate of drug-likeness (QED) is 0.744. The van der Waals surface area contributed by atoms with E-state index in [2.05, 4.69) is 20.2 Å². The molecule has 2 N–H and O–H groups in total. The number of hydrogen-bond acceptors (Lipinski definition) is 6. The van der Waals surface area contributed by atoms with Crippen LogP contribution in [0.2, 0.25) is 10.0 Å². The van der Waals surface area contributed by atoms with E-state index in [0.717, 1.165) is 18.9 Å². The van der Waals surface area contributed by atoms with Crippen LogP contribution >= 0.6 is 23.2 Å². The molecule has 1 atom stereocenters. The third kappa shape index (κ3) is 4.17. The van der Waals surface area contributed by atoms with Gasteiger partial charge in [0.05, 0.1) is 15.6 Å². The van der Waals surface area contributed by atoms with Crippen molar-refractivity contribution < 1.29 is 17.7 Å². The van der Waals surface area contributed by atoms with Gasteiger partial charge in [0, 0.05) is 6.04 Å². The highest BCUT2D eigenvalue weighted by atomic mass is 35.5. The first-order valence-electron chi connectivity index (χ1n) is 7.80. The summed E-state index contributed by atoms with van der Waals surface area (Å²) < 4.78 is 32.4. The predicted octanol–water partition coefficient (Wildman–Crippen LogP) is 2.62. The summed E-state index contributed by atoms with van der Waals surface area (Å²) in [6.45, 7) is 3.31. The van der Waals surface area contributed by atoms with Crippen molar-refractivity contribution in [1.29, 1.82) is 0 Å². The lowest BCUT2D eigenvalue weighted by Crippen LogP contribution is -2.29.